The summed E-state index contributed by atoms with van der Waals surface area (Å²) in [5, 5.41) is 13.2. The molecule has 2 N–H and O–H groups in total. The molecule has 1 fully saturated rings. The molecule has 9 heteroatoms. The van der Waals surface area contributed by atoms with E-state index in [9.17, 15) is 19.5 Å². The quantitative estimate of drug-likeness (QED) is 0.590. The van der Waals surface area contributed by atoms with Crippen LogP contribution in [0, 0.1) is 5.41 Å². The van der Waals surface area contributed by atoms with E-state index in [0.29, 0.717) is 12.1 Å². The number of likely N-dealkylation sites (tertiary alicyclic amines) is 1. The molecular formula is C26H36BrN3O5. The number of hydrogen-bond acceptors (Lipinski definition) is 5. The Morgan fingerprint density at radius 2 is 1.80 bits per heavy atom. The van der Waals surface area contributed by atoms with E-state index in [-0.39, 0.29) is 24.8 Å². The third kappa shape index (κ3) is 6.12. The maximum Gasteiger partial charge on any atom is 0.408 e. The molecule has 0 aromatic heterocycles. The van der Waals surface area contributed by atoms with E-state index in [0.717, 1.165) is 10.0 Å². The van der Waals surface area contributed by atoms with Crippen molar-refractivity contribution in [3.8, 4) is 0 Å². The van der Waals surface area contributed by atoms with Gasteiger partial charge in [0, 0.05) is 29.6 Å². The summed E-state index contributed by atoms with van der Waals surface area (Å²) in [4.78, 5) is 45.2. The first-order valence-corrected chi connectivity index (χ1v) is 12.7. The number of nitrogens with zero attached hydrogens (tertiary/aromatic N) is 2. The zero-order valence-electron chi connectivity index (χ0n) is 21.5. The zero-order chi connectivity index (χ0) is 26.3. The van der Waals surface area contributed by atoms with Crippen LogP contribution in [0.4, 0.5) is 4.79 Å². The highest BCUT2D eigenvalue weighted by Crippen LogP contribution is 2.38. The molecule has 1 saturated heterocycles. The molecule has 2 aliphatic heterocycles. The van der Waals surface area contributed by atoms with Gasteiger partial charge >= 0.3 is 6.09 Å². The Labute approximate surface area is 215 Å². The maximum atomic E-state index is 13.8. The molecule has 0 radical (unpaired) electrons. The number of benzene rings is 1. The molecular weight excluding hydrogens is 514 g/mol. The van der Waals surface area contributed by atoms with Gasteiger partial charge in [-0.1, -0.05) is 48.8 Å². The van der Waals surface area contributed by atoms with Crippen LogP contribution in [0.2, 0.25) is 0 Å². The molecule has 192 valence electrons. The average molecular weight is 550 g/mol. The molecule has 2 unspecified atom stereocenters. The third-order valence-electron chi connectivity index (χ3n) is 6.45. The van der Waals surface area contributed by atoms with Gasteiger partial charge in [-0.2, -0.15) is 0 Å². The Bertz CT molecular complexity index is 1020. The van der Waals surface area contributed by atoms with E-state index in [1.807, 2.05) is 52.0 Å². The van der Waals surface area contributed by atoms with Crippen LogP contribution in [0.1, 0.15) is 66.9 Å². The molecule has 0 bridgehead atoms. The highest BCUT2D eigenvalue weighted by Gasteiger charge is 2.49. The summed E-state index contributed by atoms with van der Waals surface area (Å²) in [5.41, 5.74) is -0.740. The van der Waals surface area contributed by atoms with E-state index < -0.39 is 40.7 Å². The second-order valence-corrected chi connectivity index (χ2v) is 12.7. The number of carbonyl (C=O) groups is 3. The van der Waals surface area contributed by atoms with E-state index in [1.54, 1.807) is 25.7 Å². The predicted octanol–water partition coefficient (Wildman–Crippen LogP) is 3.98. The summed E-state index contributed by atoms with van der Waals surface area (Å²) in [7, 11) is 0. The fourth-order valence-corrected chi connectivity index (χ4v) is 4.84. The van der Waals surface area contributed by atoms with Crippen LogP contribution in [0.5, 0.6) is 0 Å². The predicted molar refractivity (Wildman–Crippen MR) is 137 cm³/mol. The van der Waals surface area contributed by atoms with Crippen LogP contribution in [-0.2, 0) is 19.7 Å². The number of alkyl carbamates (subject to hydrolysis) is 1. The lowest BCUT2D eigenvalue weighted by Crippen LogP contribution is -2.57. The Kier molecular flexibility index (Phi) is 7.54. The van der Waals surface area contributed by atoms with E-state index in [4.69, 9.17) is 4.74 Å². The minimum Gasteiger partial charge on any atom is -0.444 e. The minimum atomic E-state index is -0.888. The minimum absolute atomic E-state index is 0.105. The van der Waals surface area contributed by atoms with Gasteiger partial charge in [0.1, 0.15) is 11.6 Å². The normalized spacial score (nSPS) is 25.9. The van der Waals surface area contributed by atoms with Crippen LogP contribution in [0.15, 0.2) is 33.7 Å². The zero-order valence-corrected chi connectivity index (χ0v) is 23.1. The van der Waals surface area contributed by atoms with E-state index in [2.05, 4.69) is 26.2 Å². The van der Waals surface area contributed by atoms with Gasteiger partial charge in [-0.05, 0) is 50.8 Å². The Morgan fingerprint density at radius 1 is 1.20 bits per heavy atom. The van der Waals surface area contributed by atoms with Crippen LogP contribution in [0.3, 0.4) is 0 Å². The van der Waals surface area contributed by atoms with Crippen molar-refractivity contribution >= 4 is 39.5 Å². The van der Waals surface area contributed by atoms with Crippen LogP contribution in [-0.4, -0.2) is 64.0 Å². The second kappa shape index (κ2) is 9.65. The molecule has 2 heterocycles. The van der Waals surface area contributed by atoms with Crippen molar-refractivity contribution in [2.24, 2.45) is 10.4 Å². The van der Waals surface area contributed by atoms with E-state index in [1.165, 1.54) is 0 Å². The first-order chi connectivity index (χ1) is 16.0. The topological polar surface area (TPSA) is 108 Å². The number of carbonyl (C=O) groups excluding carboxylic acids is 3. The highest BCUT2D eigenvalue weighted by molar-refractivity contribution is 9.10. The molecule has 0 saturated carbocycles. The van der Waals surface area contributed by atoms with E-state index >= 15 is 0 Å². The fraction of sp³-hybridized carbons (Fsp3) is 0.615. The van der Waals surface area contributed by atoms with Gasteiger partial charge in [-0.25, -0.2) is 9.79 Å². The van der Waals surface area contributed by atoms with Crippen molar-refractivity contribution in [2.75, 3.05) is 6.54 Å². The van der Waals surface area contributed by atoms with Crippen LogP contribution in [0.25, 0.3) is 0 Å². The molecule has 8 nitrogen and oxygen atoms in total. The molecule has 2 aliphatic rings. The summed E-state index contributed by atoms with van der Waals surface area (Å²) in [6.07, 6.45) is -0.784. The van der Waals surface area contributed by atoms with Gasteiger partial charge in [-0.3, -0.25) is 9.59 Å². The maximum absolute atomic E-state index is 13.8. The summed E-state index contributed by atoms with van der Waals surface area (Å²) in [5.74, 6) is -0.597. The molecule has 4 atom stereocenters. The van der Waals surface area contributed by atoms with Gasteiger partial charge in [0.2, 0.25) is 5.91 Å². The third-order valence-corrected chi connectivity index (χ3v) is 6.98. The number of amides is 3. The Balaban J connectivity index is 1.85. The van der Waals surface area contributed by atoms with Crippen LogP contribution < -0.4 is 5.32 Å². The van der Waals surface area contributed by atoms with Gasteiger partial charge in [0.15, 0.2) is 0 Å². The van der Waals surface area contributed by atoms with Crippen molar-refractivity contribution in [1.82, 2.24) is 10.2 Å². The SMILES string of the molecule is CC(C)(C)OC(=O)N[C@H](C(=O)N1C[C@H](O)CC1C1=NC(=O)C(C)(c2ccc(Br)cc2)C1)C(C)(C)C. The smallest absolute Gasteiger partial charge is 0.408 e. The number of rotatable bonds is 4. The first-order valence-electron chi connectivity index (χ1n) is 11.9. The Hall–Kier alpha value is -2.26. The standard InChI is InChI=1S/C26H36BrN3O5/c1-24(2,3)20(29-23(34)35-25(4,5)6)21(32)30-14-17(31)12-19(30)18-13-26(7,22(33)28-18)15-8-10-16(27)11-9-15/h8-11,17,19-20,31H,12-14H2,1-7H3,(H,29,34)/t17-,19?,20-,26?/m1/s1. The largest absolute Gasteiger partial charge is 0.444 e. The number of hydrogen-bond donors (Lipinski definition) is 2. The summed E-state index contributed by atoms with van der Waals surface area (Å²) in [6, 6.07) is 6.15. The number of aliphatic imine (C=N–C) groups is 1. The monoisotopic (exact) mass is 549 g/mol. The number of aliphatic hydroxyl groups excluding tert-OH is 1. The number of halogens is 1. The first kappa shape index (κ1) is 27.3. The van der Waals surface area contributed by atoms with Gasteiger partial charge in [0.25, 0.3) is 5.91 Å². The van der Waals surface area contributed by atoms with Crippen molar-refractivity contribution in [1.29, 1.82) is 0 Å². The van der Waals surface area contributed by atoms with Crippen molar-refractivity contribution in [3.05, 3.63) is 34.3 Å². The second-order valence-electron chi connectivity index (χ2n) is 11.8. The highest BCUT2D eigenvalue weighted by atomic mass is 79.9. The molecule has 35 heavy (non-hydrogen) atoms. The summed E-state index contributed by atoms with van der Waals surface area (Å²) < 4.78 is 6.30. The molecule has 0 aliphatic carbocycles. The summed E-state index contributed by atoms with van der Waals surface area (Å²) in [6.45, 7) is 12.8. The van der Waals surface area contributed by atoms with Gasteiger partial charge in [-0.15, -0.1) is 0 Å². The molecule has 1 aromatic rings. The molecule has 3 rings (SSSR count). The Morgan fingerprint density at radius 3 is 2.34 bits per heavy atom. The lowest BCUT2D eigenvalue weighted by Gasteiger charge is -2.36. The number of aliphatic hydroxyl groups is 1. The molecule has 0 spiro atoms. The van der Waals surface area contributed by atoms with Gasteiger partial charge in [0.05, 0.1) is 17.6 Å². The van der Waals surface area contributed by atoms with Crippen LogP contribution >= 0.6 is 15.9 Å². The van der Waals surface area contributed by atoms with Crippen molar-refractivity contribution in [2.45, 2.75) is 90.5 Å². The lowest BCUT2D eigenvalue weighted by atomic mass is 9.78. The van der Waals surface area contributed by atoms with Crippen molar-refractivity contribution < 1.29 is 24.2 Å². The number of nitrogens with one attached hydrogen (secondary N) is 1. The lowest BCUT2D eigenvalue weighted by molar-refractivity contribution is -0.136. The summed E-state index contributed by atoms with van der Waals surface area (Å²) >= 11 is 3.42. The number of β-amino-alcohol motifs (C(OH)–C–C–N with tert-alkyl or cyclic N) is 1. The average Bonchev–Trinajstić information content (AvgIpc) is 3.24. The van der Waals surface area contributed by atoms with Crippen molar-refractivity contribution in [3.63, 3.8) is 0 Å². The number of ether oxygens (including phenoxy) is 1. The molecule has 1 aromatic carbocycles. The molecule has 3 amide bonds. The fourth-order valence-electron chi connectivity index (χ4n) is 4.58. The van der Waals surface area contributed by atoms with Gasteiger partial charge < -0.3 is 20.1 Å².